The van der Waals surface area contributed by atoms with E-state index in [1.165, 1.54) is 12.4 Å². The van der Waals surface area contributed by atoms with Crippen molar-refractivity contribution in [3.05, 3.63) is 101 Å². The highest BCUT2D eigenvalue weighted by Gasteiger charge is 2.42. The molecule has 4 aromatic rings. The third-order valence-corrected chi connectivity index (χ3v) is 6.49. The number of methoxy groups -OCH3 is 2. The molecule has 0 aliphatic carbocycles. The van der Waals surface area contributed by atoms with Gasteiger partial charge in [-0.25, -0.2) is 9.07 Å². The molecule has 0 unspecified atom stereocenters. The second-order valence-electron chi connectivity index (χ2n) is 8.51. The Hall–Kier alpha value is -4.33. The van der Waals surface area contributed by atoms with Gasteiger partial charge in [0.05, 0.1) is 19.9 Å². The van der Waals surface area contributed by atoms with Gasteiger partial charge in [0.15, 0.2) is 6.10 Å². The summed E-state index contributed by atoms with van der Waals surface area (Å²) in [4.78, 5) is 4.41. The largest absolute Gasteiger partial charge is 0.497 e. The van der Waals surface area contributed by atoms with Crippen LogP contribution in [0.2, 0.25) is 0 Å². The van der Waals surface area contributed by atoms with Crippen molar-refractivity contribution in [2.75, 3.05) is 19.5 Å². The van der Waals surface area contributed by atoms with Crippen LogP contribution in [0.15, 0.2) is 72.6 Å². The van der Waals surface area contributed by atoms with E-state index in [1.54, 1.807) is 31.0 Å². The molecule has 0 radical (unpaired) electrons. The summed E-state index contributed by atoms with van der Waals surface area (Å²) in [5.41, 5.74) is 4.81. The maximum absolute atomic E-state index is 15.3. The van der Waals surface area contributed by atoms with E-state index in [0.29, 0.717) is 28.8 Å². The van der Waals surface area contributed by atoms with Crippen LogP contribution in [0.3, 0.4) is 0 Å². The zero-order valence-electron chi connectivity index (χ0n) is 19.4. The number of hydrogen-bond acceptors (Lipinski definition) is 6. The summed E-state index contributed by atoms with van der Waals surface area (Å²) in [5.74, 6) is 2.20. The second kappa shape index (κ2) is 8.16. The number of halogens is 1. The van der Waals surface area contributed by atoms with Gasteiger partial charge in [-0.3, -0.25) is 0 Å². The number of nitrogens with one attached hydrogen (secondary N) is 1. The van der Waals surface area contributed by atoms with Crippen LogP contribution in [0.4, 0.5) is 10.3 Å². The zero-order chi connectivity index (χ0) is 24.1. The molecule has 2 aliphatic heterocycles. The van der Waals surface area contributed by atoms with Gasteiger partial charge in [-0.2, -0.15) is 10.1 Å². The monoisotopic (exact) mass is 470 g/mol. The first-order valence-electron chi connectivity index (χ1n) is 11.2. The smallest absolute Gasteiger partial charge is 0.226 e. The molecule has 0 saturated carbocycles. The number of rotatable bonds is 4. The summed E-state index contributed by atoms with van der Waals surface area (Å²) in [7, 11) is 3.23. The van der Waals surface area contributed by atoms with Gasteiger partial charge in [-0.05, 0) is 43.3 Å². The Morgan fingerprint density at radius 1 is 1.00 bits per heavy atom. The lowest BCUT2D eigenvalue weighted by molar-refractivity contribution is 0.216. The van der Waals surface area contributed by atoms with Crippen LogP contribution in [0.1, 0.15) is 34.4 Å². The van der Waals surface area contributed by atoms with Gasteiger partial charge in [0.25, 0.3) is 0 Å². The van der Waals surface area contributed by atoms with Gasteiger partial charge >= 0.3 is 0 Å². The van der Waals surface area contributed by atoms with Crippen molar-refractivity contribution in [1.82, 2.24) is 14.8 Å². The Bertz CT molecular complexity index is 1480. The van der Waals surface area contributed by atoms with Crippen LogP contribution >= 0.6 is 0 Å². The van der Waals surface area contributed by atoms with Crippen LogP contribution in [0.5, 0.6) is 17.2 Å². The average Bonchev–Trinajstić information content (AvgIpc) is 3.35. The maximum atomic E-state index is 15.3. The average molecular weight is 471 g/mol. The second-order valence-corrected chi connectivity index (χ2v) is 8.51. The summed E-state index contributed by atoms with van der Waals surface area (Å²) >= 11 is 0. The summed E-state index contributed by atoms with van der Waals surface area (Å²) in [6.45, 7) is 2.03. The molecule has 2 aliphatic rings. The van der Waals surface area contributed by atoms with Crippen molar-refractivity contribution in [3.8, 4) is 17.2 Å². The fourth-order valence-corrected chi connectivity index (χ4v) is 4.88. The van der Waals surface area contributed by atoms with Crippen molar-refractivity contribution >= 4 is 11.6 Å². The highest BCUT2D eigenvalue weighted by molar-refractivity contribution is 5.85. The Kier molecular flexibility index (Phi) is 4.95. The van der Waals surface area contributed by atoms with Crippen molar-refractivity contribution in [1.29, 1.82) is 0 Å². The Balaban J connectivity index is 1.67. The summed E-state index contributed by atoms with van der Waals surface area (Å²) in [5, 5.41) is 7.90. The fraction of sp³-hybridized carbons (Fsp3) is 0.185. The molecule has 0 bridgehead atoms. The molecule has 3 aromatic carbocycles. The van der Waals surface area contributed by atoms with E-state index < -0.39 is 12.1 Å². The van der Waals surface area contributed by atoms with Gasteiger partial charge in [0, 0.05) is 22.3 Å². The fourth-order valence-electron chi connectivity index (χ4n) is 4.88. The maximum Gasteiger partial charge on any atom is 0.226 e. The standard InChI is InChI=1S/C27H23FN4O3/c1-15-8-10-22-18(12-15)24-23(26(35-22)19-13-16(33-2)9-11-21(19)34-3)25(17-6-4-5-7-20(17)28)32-27(31-24)29-14-30-32/h4-14,25-26H,1-3H3,(H,29,30,31)/t25-,26+/m0/s1. The first-order valence-corrected chi connectivity index (χ1v) is 11.2. The molecule has 8 heteroatoms. The number of aromatic nitrogens is 3. The molecule has 0 spiro atoms. The van der Waals surface area contributed by atoms with E-state index >= 15 is 4.39 Å². The van der Waals surface area contributed by atoms with E-state index in [1.807, 2.05) is 43.3 Å². The number of aryl methyl sites for hydroxylation is 1. The first-order chi connectivity index (χ1) is 17.1. The Labute approximate surface area is 201 Å². The van der Waals surface area contributed by atoms with Gasteiger partial charge in [-0.1, -0.05) is 29.8 Å². The Morgan fingerprint density at radius 2 is 1.86 bits per heavy atom. The molecule has 3 heterocycles. The number of nitrogens with zero attached hydrogens (tertiary/aromatic N) is 3. The number of benzene rings is 3. The van der Waals surface area contributed by atoms with Crippen molar-refractivity contribution < 1.29 is 18.6 Å². The highest BCUT2D eigenvalue weighted by Crippen LogP contribution is 2.52. The van der Waals surface area contributed by atoms with Gasteiger partial charge in [-0.15, -0.1) is 0 Å². The van der Waals surface area contributed by atoms with Gasteiger partial charge < -0.3 is 19.5 Å². The normalized spacial score (nSPS) is 18.1. The summed E-state index contributed by atoms with van der Waals surface area (Å²) in [6, 6.07) is 17.7. The lowest BCUT2D eigenvalue weighted by atomic mass is 9.84. The lowest BCUT2D eigenvalue weighted by Crippen LogP contribution is -2.33. The third kappa shape index (κ3) is 3.32. The molecular formula is C27H23FN4O3. The summed E-state index contributed by atoms with van der Waals surface area (Å²) < 4.78 is 34.9. The minimum Gasteiger partial charge on any atom is -0.497 e. The molecule has 6 rings (SSSR count). The molecule has 0 amide bonds. The predicted molar refractivity (Wildman–Crippen MR) is 129 cm³/mol. The molecule has 1 N–H and O–H groups in total. The molecule has 1 aromatic heterocycles. The van der Waals surface area contributed by atoms with Crippen molar-refractivity contribution in [3.63, 3.8) is 0 Å². The molecule has 176 valence electrons. The van der Waals surface area contributed by atoms with Crippen LogP contribution in [-0.2, 0) is 0 Å². The molecular weight excluding hydrogens is 447 g/mol. The van der Waals surface area contributed by atoms with E-state index in [0.717, 1.165) is 28.0 Å². The minimum absolute atomic E-state index is 0.334. The van der Waals surface area contributed by atoms with Gasteiger partial charge in [0.2, 0.25) is 5.95 Å². The topological polar surface area (TPSA) is 70.4 Å². The van der Waals surface area contributed by atoms with E-state index in [2.05, 4.69) is 21.5 Å². The predicted octanol–water partition coefficient (Wildman–Crippen LogP) is 5.30. The summed E-state index contributed by atoms with van der Waals surface area (Å²) in [6.07, 6.45) is 0.855. The quantitative estimate of drug-likeness (QED) is 0.436. The molecule has 2 atom stereocenters. The van der Waals surface area contributed by atoms with E-state index in [-0.39, 0.29) is 5.82 Å². The molecule has 0 saturated heterocycles. The number of anilines is 1. The molecule has 0 fully saturated rings. The Morgan fingerprint density at radius 3 is 2.66 bits per heavy atom. The number of hydrogen-bond donors (Lipinski definition) is 1. The van der Waals surface area contributed by atoms with Crippen molar-refractivity contribution in [2.45, 2.75) is 19.1 Å². The van der Waals surface area contributed by atoms with E-state index in [4.69, 9.17) is 14.2 Å². The van der Waals surface area contributed by atoms with Crippen LogP contribution in [-0.4, -0.2) is 29.0 Å². The minimum atomic E-state index is -0.611. The SMILES string of the molecule is COc1ccc(OC)c([C@H]2Oc3ccc(C)cc3C3=C2[C@H](c2ccccc2F)n2ncnc2N3)c1. The van der Waals surface area contributed by atoms with E-state index in [9.17, 15) is 0 Å². The molecule has 7 nitrogen and oxygen atoms in total. The van der Waals surface area contributed by atoms with Crippen LogP contribution in [0.25, 0.3) is 5.70 Å². The molecule has 35 heavy (non-hydrogen) atoms. The number of fused-ring (bicyclic) bond motifs is 3. The van der Waals surface area contributed by atoms with Crippen LogP contribution in [0, 0.1) is 12.7 Å². The highest BCUT2D eigenvalue weighted by atomic mass is 19.1. The van der Waals surface area contributed by atoms with Gasteiger partial charge in [0.1, 0.15) is 35.4 Å². The first kappa shape index (κ1) is 21.2. The van der Waals surface area contributed by atoms with Crippen molar-refractivity contribution in [2.24, 2.45) is 0 Å². The zero-order valence-corrected chi connectivity index (χ0v) is 19.4. The number of ether oxygens (including phenoxy) is 3. The van der Waals surface area contributed by atoms with Crippen LogP contribution < -0.4 is 19.5 Å². The lowest BCUT2D eigenvalue weighted by Gasteiger charge is -2.39. The third-order valence-electron chi connectivity index (χ3n) is 6.49.